The predicted molar refractivity (Wildman–Crippen MR) is 127 cm³/mol. The third-order valence-corrected chi connectivity index (χ3v) is 5.93. The molecule has 33 heavy (non-hydrogen) atoms. The summed E-state index contributed by atoms with van der Waals surface area (Å²) < 4.78 is 11.6. The number of aryl methyl sites for hydroxylation is 1. The number of benzene rings is 1. The number of nitrogens with two attached hydrogens (primary N) is 2. The largest absolute Gasteiger partial charge is 0.489 e. The summed E-state index contributed by atoms with van der Waals surface area (Å²) >= 11 is 0. The molecule has 1 aliphatic carbocycles. The molecule has 1 fully saturated rings. The Balaban J connectivity index is 1.50. The maximum atomic E-state index is 6.49. The number of aromatic nitrogens is 3. The lowest BCUT2D eigenvalue weighted by Crippen LogP contribution is -2.29. The standard InChI is InChI=1S/C25H32N6O2/c1-17-22(32-19-11-7-4-8-12-19)14-13-20(28-17)25(26)21(31(2)27)16-23-29-24(33-30-23)15-18-9-5-3-6-10-18/h3,5-6,9-10,13-14,19H,4,7-8,11-12,15-16,26-27H2,1-2H3/b25-21-. The van der Waals surface area contributed by atoms with E-state index in [4.69, 9.17) is 25.8 Å². The van der Waals surface area contributed by atoms with Crippen molar-refractivity contribution in [1.29, 1.82) is 0 Å². The van der Waals surface area contributed by atoms with Crippen LogP contribution in [0.2, 0.25) is 0 Å². The number of likely N-dealkylation sites (N-methyl/N-ethyl adjacent to an activating group) is 1. The summed E-state index contributed by atoms with van der Waals surface area (Å²) in [6.45, 7) is 1.94. The average molecular weight is 449 g/mol. The number of hydrogen-bond donors (Lipinski definition) is 2. The van der Waals surface area contributed by atoms with Gasteiger partial charge >= 0.3 is 0 Å². The first-order valence-corrected chi connectivity index (χ1v) is 11.5. The second-order valence-electron chi connectivity index (χ2n) is 8.57. The molecule has 1 saturated carbocycles. The van der Waals surface area contributed by atoms with Crippen molar-refractivity contribution in [1.82, 2.24) is 20.1 Å². The highest BCUT2D eigenvalue weighted by molar-refractivity contribution is 5.63. The van der Waals surface area contributed by atoms with Crippen molar-refractivity contribution >= 4 is 5.70 Å². The number of ether oxygens (including phenoxy) is 1. The van der Waals surface area contributed by atoms with Gasteiger partial charge in [-0.1, -0.05) is 41.9 Å². The fourth-order valence-electron chi connectivity index (χ4n) is 4.10. The lowest BCUT2D eigenvalue weighted by Gasteiger charge is -2.24. The molecule has 3 aromatic rings. The first kappa shape index (κ1) is 22.8. The molecule has 1 aromatic carbocycles. The van der Waals surface area contributed by atoms with Crippen LogP contribution in [0.4, 0.5) is 0 Å². The van der Waals surface area contributed by atoms with Gasteiger partial charge in [0.1, 0.15) is 5.75 Å². The second kappa shape index (κ2) is 10.5. The Morgan fingerprint density at radius 2 is 1.85 bits per heavy atom. The lowest BCUT2D eigenvalue weighted by atomic mass is 9.98. The number of hydrazine groups is 1. The fourth-order valence-corrected chi connectivity index (χ4v) is 4.10. The van der Waals surface area contributed by atoms with Crippen LogP contribution in [-0.2, 0) is 12.8 Å². The summed E-state index contributed by atoms with van der Waals surface area (Å²) in [5, 5.41) is 5.59. The number of hydrogen-bond acceptors (Lipinski definition) is 8. The Labute approximate surface area is 194 Å². The van der Waals surface area contributed by atoms with Crippen molar-refractivity contribution in [2.75, 3.05) is 7.05 Å². The highest BCUT2D eigenvalue weighted by atomic mass is 16.5. The summed E-state index contributed by atoms with van der Waals surface area (Å²) in [6, 6.07) is 13.8. The minimum absolute atomic E-state index is 0.270. The van der Waals surface area contributed by atoms with Crippen molar-refractivity contribution in [2.45, 2.75) is 58.0 Å². The maximum absolute atomic E-state index is 6.49. The van der Waals surface area contributed by atoms with Gasteiger partial charge in [0.25, 0.3) is 0 Å². The molecule has 2 aromatic heterocycles. The van der Waals surface area contributed by atoms with Gasteiger partial charge in [-0.25, -0.2) is 10.8 Å². The van der Waals surface area contributed by atoms with Gasteiger partial charge in [0.2, 0.25) is 5.89 Å². The normalized spacial score (nSPS) is 15.2. The minimum atomic E-state index is 0.270. The Morgan fingerprint density at radius 1 is 1.09 bits per heavy atom. The molecule has 4 rings (SSSR count). The van der Waals surface area contributed by atoms with Gasteiger partial charge in [-0.3, -0.25) is 0 Å². The highest BCUT2D eigenvalue weighted by Crippen LogP contribution is 2.26. The molecule has 0 unspecified atom stereocenters. The van der Waals surface area contributed by atoms with Gasteiger partial charge in [-0.2, -0.15) is 4.98 Å². The van der Waals surface area contributed by atoms with E-state index in [-0.39, 0.29) is 6.10 Å². The Bertz CT molecular complexity index is 1090. The molecule has 0 saturated heterocycles. The summed E-state index contributed by atoms with van der Waals surface area (Å²) in [5.41, 5.74) is 10.2. The predicted octanol–water partition coefficient (Wildman–Crippen LogP) is 3.75. The molecule has 1 aliphatic rings. The molecule has 0 bridgehead atoms. The third kappa shape index (κ3) is 5.90. The molecule has 4 N–H and O–H groups in total. The molecular weight excluding hydrogens is 416 g/mol. The molecule has 0 radical (unpaired) electrons. The van der Waals surface area contributed by atoms with Crippen LogP contribution in [0.5, 0.6) is 5.75 Å². The van der Waals surface area contributed by atoms with Crippen molar-refractivity contribution in [3.63, 3.8) is 0 Å². The van der Waals surface area contributed by atoms with Gasteiger partial charge in [0.05, 0.1) is 41.7 Å². The van der Waals surface area contributed by atoms with E-state index >= 15 is 0 Å². The molecule has 174 valence electrons. The summed E-state index contributed by atoms with van der Waals surface area (Å²) in [4.78, 5) is 9.20. The van der Waals surface area contributed by atoms with E-state index in [2.05, 4.69) is 10.1 Å². The van der Waals surface area contributed by atoms with Gasteiger partial charge in [0.15, 0.2) is 5.82 Å². The Kier molecular flexibility index (Phi) is 7.24. The van der Waals surface area contributed by atoms with Crippen molar-refractivity contribution in [2.24, 2.45) is 11.6 Å². The number of rotatable bonds is 8. The van der Waals surface area contributed by atoms with E-state index in [9.17, 15) is 0 Å². The average Bonchev–Trinajstić information content (AvgIpc) is 3.26. The highest BCUT2D eigenvalue weighted by Gasteiger charge is 2.19. The molecule has 2 heterocycles. The van der Waals surface area contributed by atoms with E-state index < -0.39 is 0 Å². The Hall–Kier alpha value is -3.39. The van der Waals surface area contributed by atoms with Crippen LogP contribution < -0.4 is 16.3 Å². The van der Waals surface area contributed by atoms with Crippen molar-refractivity contribution < 1.29 is 9.26 Å². The van der Waals surface area contributed by atoms with Gasteiger partial charge in [0, 0.05) is 7.05 Å². The first-order valence-electron chi connectivity index (χ1n) is 11.5. The van der Waals surface area contributed by atoms with Crippen LogP contribution in [0.15, 0.2) is 52.7 Å². The maximum Gasteiger partial charge on any atom is 0.231 e. The lowest BCUT2D eigenvalue weighted by molar-refractivity contribution is 0.153. The number of pyridine rings is 1. The topological polar surface area (TPSA) is 116 Å². The van der Waals surface area contributed by atoms with E-state index in [1.165, 1.54) is 24.3 Å². The zero-order valence-corrected chi connectivity index (χ0v) is 19.3. The van der Waals surface area contributed by atoms with E-state index in [0.29, 0.717) is 41.6 Å². The zero-order valence-electron chi connectivity index (χ0n) is 19.3. The summed E-state index contributed by atoms with van der Waals surface area (Å²) in [7, 11) is 1.74. The van der Waals surface area contributed by atoms with Gasteiger partial charge in [-0.15, -0.1) is 0 Å². The number of allylic oxidation sites excluding steroid dienone is 1. The molecule has 0 amide bonds. The van der Waals surface area contributed by atoms with E-state index in [1.807, 2.05) is 49.4 Å². The van der Waals surface area contributed by atoms with Crippen LogP contribution in [0.25, 0.3) is 5.70 Å². The van der Waals surface area contributed by atoms with Gasteiger partial charge < -0.3 is 20.0 Å². The second-order valence-corrected chi connectivity index (χ2v) is 8.57. The monoisotopic (exact) mass is 448 g/mol. The third-order valence-electron chi connectivity index (χ3n) is 5.93. The fraction of sp³-hybridized carbons (Fsp3) is 0.400. The van der Waals surface area contributed by atoms with Crippen LogP contribution in [0.1, 0.15) is 60.8 Å². The summed E-state index contributed by atoms with van der Waals surface area (Å²) in [5.74, 6) is 7.98. The van der Waals surface area contributed by atoms with E-state index in [1.54, 1.807) is 7.05 Å². The molecule has 0 aliphatic heterocycles. The summed E-state index contributed by atoms with van der Waals surface area (Å²) in [6.07, 6.45) is 7.11. The quantitative estimate of drug-likeness (QED) is 0.395. The van der Waals surface area contributed by atoms with Crippen molar-refractivity contribution in [3.05, 3.63) is 76.8 Å². The van der Waals surface area contributed by atoms with Crippen LogP contribution >= 0.6 is 0 Å². The van der Waals surface area contributed by atoms with Gasteiger partial charge in [-0.05, 0) is 50.3 Å². The van der Waals surface area contributed by atoms with Crippen LogP contribution in [0.3, 0.4) is 0 Å². The molecular formula is C25H32N6O2. The zero-order chi connectivity index (χ0) is 23.2. The smallest absolute Gasteiger partial charge is 0.231 e. The molecule has 0 atom stereocenters. The first-order chi connectivity index (χ1) is 16.0. The van der Waals surface area contributed by atoms with Crippen molar-refractivity contribution in [3.8, 4) is 5.75 Å². The minimum Gasteiger partial charge on any atom is -0.489 e. The van der Waals surface area contributed by atoms with Crippen LogP contribution in [-0.4, -0.2) is 33.3 Å². The van der Waals surface area contributed by atoms with E-state index in [0.717, 1.165) is 29.8 Å². The molecule has 8 nitrogen and oxygen atoms in total. The SMILES string of the molecule is Cc1nc(/C(N)=C(\Cc2noc(Cc3ccccc3)n2)N(C)N)ccc1OC1CCCCC1. The Morgan fingerprint density at radius 3 is 2.55 bits per heavy atom. The number of nitrogens with zero attached hydrogens (tertiary/aromatic N) is 4. The molecule has 8 heteroatoms. The molecule has 0 spiro atoms. The van der Waals surface area contributed by atoms with Crippen LogP contribution in [0, 0.1) is 6.92 Å².